The number of methoxy groups -OCH3 is 1. The Morgan fingerprint density at radius 3 is 2.40 bits per heavy atom. The fourth-order valence-electron chi connectivity index (χ4n) is 1.33. The lowest BCUT2D eigenvalue weighted by molar-refractivity contribution is 0.398. The topological polar surface area (TPSA) is 61.0 Å². The van der Waals surface area contributed by atoms with Gasteiger partial charge in [0.2, 0.25) is 5.88 Å². The van der Waals surface area contributed by atoms with Gasteiger partial charge in [0.15, 0.2) is 0 Å². The number of hydrogen-bond acceptors (Lipinski definition) is 4. The van der Waals surface area contributed by atoms with Crippen molar-refractivity contribution in [2.75, 3.05) is 12.8 Å². The van der Waals surface area contributed by atoms with Gasteiger partial charge >= 0.3 is 0 Å². The van der Waals surface area contributed by atoms with Crippen LogP contribution >= 0.6 is 0 Å². The van der Waals surface area contributed by atoms with E-state index < -0.39 is 0 Å². The first-order valence-electron chi connectivity index (χ1n) is 4.51. The molecule has 2 heterocycles. The van der Waals surface area contributed by atoms with Gasteiger partial charge in [-0.2, -0.15) is 0 Å². The van der Waals surface area contributed by atoms with E-state index in [1.165, 1.54) is 0 Å². The maximum Gasteiger partial charge on any atom is 0.213 e. The Morgan fingerprint density at radius 2 is 1.73 bits per heavy atom. The molecular formula is C11H11N3O. The molecule has 2 N–H and O–H groups in total. The number of aromatic nitrogens is 2. The highest BCUT2D eigenvalue weighted by molar-refractivity contribution is 5.66. The van der Waals surface area contributed by atoms with Gasteiger partial charge in [0.1, 0.15) is 5.82 Å². The molecule has 0 fully saturated rings. The molecule has 4 nitrogen and oxygen atoms in total. The van der Waals surface area contributed by atoms with E-state index in [0.29, 0.717) is 11.7 Å². The monoisotopic (exact) mass is 201 g/mol. The summed E-state index contributed by atoms with van der Waals surface area (Å²) in [6.45, 7) is 0. The van der Waals surface area contributed by atoms with Crippen LogP contribution in [0.3, 0.4) is 0 Å². The van der Waals surface area contributed by atoms with Crippen molar-refractivity contribution in [1.82, 2.24) is 9.97 Å². The van der Waals surface area contributed by atoms with Gasteiger partial charge in [0.05, 0.1) is 7.11 Å². The van der Waals surface area contributed by atoms with E-state index >= 15 is 0 Å². The van der Waals surface area contributed by atoms with Crippen molar-refractivity contribution < 1.29 is 4.74 Å². The summed E-state index contributed by atoms with van der Waals surface area (Å²) in [4.78, 5) is 7.98. The van der Waals surface area contributed by atoms with Crippen LogP contribution in [0.4, 0.5) is 5.82 Å². The Bertz CT molecular complexity index is 471. The molecule has 2 rings (SSSR count). The van der Waals surface area contributed by atoms with Crippen molar-refractivity contribution in [3.8, 4) is 17.0 Å². The molecule has 0 spiro atoms. The van der Waals surface area contributed by atoms with Crippen LogP contribution < -0.4 is 10.5 Å². The molecule has 76 valence electrons. The fourth-order valence-corrected chi connectivity index (χ4v) is 1.33. The predicted octanol–water partition coefficient (Wildman–Crippen LogP) is 1.73. The average molecular weight is 201 g/mol. The molecule has 4 heteroatoms. The molecular weight excluding hydrogens is 190 g/mol. The highest BCUT2D eigenvalue weighted by Gasteiger charge is 2.00. The molecule has 2 aromatic heterocycles. The van der Waals surface area contributed by atoms with E-state index in [1.54, 1.807) is 19.5 Å². The standard InChI is InChI=1S/C11H11N3O/c1-15-11-7-9(3-5-14-11)8-2-4-13-10(12)6-8/h2-7H,1H3,(H2,12,13). The minimum Gasteiger partial charge on any atom is -0.481 e. The molecule has 0 unspecified atom stereocenters. The third kappa shape index (κ3) is 2.04. The lowest BCUT2D eigenvalue weighted by Crippen LogP contribution is -1.91. The highest BCUT2D eigenvalue weighted by Crippen LogP contribution is 2.22. The summed E-state index contributed by atoms with van der Waals surface area (Å²) in [7, 11) is 1.59. The van der Waals surface area contributed by atoms with Crippen LogP contribution in [0.5, 0.6) is 5.88 Å². The first-order valence-corrected chi connectivity index (χ1v) is 4.51. The molecule has 15 heavy (non-hydrogen) atoms. The van der Waals surface area contributed by atoms with E-state index in [0.717, 1.165) is 11.1 Å². The van der Waals surface area contributed by atoms with Crippen molar-refractivity contribution in [3.05, 3.63) is 36.7 Å². The third-order valence-electron chi connectivity index (χ3n) is 2.06. The van der Waals surface area contributed by atoms with Crippen LogP contribution in [-0.4, -0.2) is 17.1 Å². The summed E-state index contributed by atoms with van der Waals surface area (Å²) in [6, 6.07) is 7.46. The van der Waals surface area contributed by atoms with Crippen LogP contribution in [0.2, 0.25) is 0 Å². The first-order chi connectivity index (χ1) is 7.29. The lowest BCUT2D eigenvalue weighted by Gasteiger charge is -2.03. The van der Waals surface area contributed by atoms with Crippen LogP contribution in [-0.2, 0) is 0 Å². The Morgan fingerprint density at radius 1 is 1.07 bits per heavy atom. The largest absolute Gasteiger partial charge is 0.481 e. The highest BCUT2D eigenvalue weighted by atomic mass is 16.5. The first kappa shape index (κ1) is 9.45. The lowest BCUT2D eigenvalue weighted by atomic mass is 10.1. The Labute approximate surface area is 87.7 Å². The average Bonchev–Trinajstić information content (AvgIpc) is 2.29. The normalized spacial score (nSPS) is 9.93. The molecule has 0 aliphatic rings. The SMILES string of the molecule is COc1cc(-c2ccnc(N)c2)ccn1. The van der Waals surface area contributed by atoms with Gasteiger partial charge in [-0.1, -0.05) is 0 Å². The zero-order valence-electron chi connectivity index (χ0n) is 8.34. The summed E-state index contributed by atoms with van der Waals surface area (Å²) in [6.07, 6.45) is 3.38. The van der Waals surface area contributed by atoms with Crippen LogP contribution in [0.1, 0.15) is 0 Å². The number of anilines is 1. The number of rotatable bonds is 2. The minimum atomic E-state index is 0.503. The van der Waals surface area contributed by atoms with Gasteiger partial charge in [-0.25, -0.2) is 9.97 Å². The van der Waals surface area contributed by atoms with Crippen LogP contribution in [0.15, 0.2) is 36.7 Å². The second kappa shape index (κ2) is 3.96. The number of ether oxygens (including phenoxy) is 1. The van der Waals surface area contributed by atoms with E-state index in [4.69, 9.17) is 10.5 Å². The van der Waals surface area contributed by atoms with Crippen LogP contribution in [0.25, 0.3) is 11.1 Å². The van der Waals surface area contributed by atoms with Crippen molar-refractivity contribution >= 4 is 5.82 Å². The van der Waals surface area contributed by atoms with Gasteiger partial charge in [0, 0.05) is 18.5 Å². The predicted molar refractivity (Wildman–Crippen MR) is 58.4 cm³/mol. The van der Waals surface area contributed by atoms with Gasteiger partial charge in [-0.05, 0) is 29.3 Å². The van der Waals surface area contributed by atoms with E-state index in [-0.39, 0.29) is 0 Å². The van der Waals surface area contributed by atoms with Crippen molar-refractivity contribution in [2.24, 2.45) is 0 Å². The zero-order valence-corrected chi connectivity index (χ0v) is 8.34. The second-order valence-corrected chi connectivity index (χ2v) is 3.06. The number of nitrogens with two attached hydrogens (primary N) is 1. The summed E-state index contributed by atoms with van der Waals surface area (Å²) < 4.78 is 5.05. The summed E-state index contributed by atoms with van der Waals surface area (Å²) >= 11 is 0. The smallest absolute Gasteiger partial charge is 0.213 e. The molecule has 0 saturated carbocycles. The molecule has 0 atom stereocenters. The number of nitrogen functional groups attached to an aromatic ring is 1. The second-order valence-electron chi connectivity index (χ2n) is 3.06. The van der Waals surface area contributed by atoms with Gasteiger partial charge in [-0.15, -0.1) is 0 Å². The molecule has 0 amide bonds. The Balaban J connectivity index is 2.44. The van der Waals surface area contributed by atoms with Crippen molar-refractivity contribution in [3.63, 3.8) is 0 Å². The van der Waals surface area contributed by atoms with Crippen LogP contribution in [0, 0.1) is 0 Å². The van der Waals surface area contributed by atoms with Gasteiger partial charge < -0.3 is 10.5 Å². The molecule has 0 bridgehead atoms. The summed E-state index contributed by atoms with van der Waals surface area (Å²) in [5, 5.41) is 0. The van der Waals surface area contributed by atoms with Gasteiger partial charge in [-0.3, -0.25) is 0 Å². The third-order valence-corrected chi connectivity index (χ3v) is 2.06. The Kier molecular flexibility index (Phi) is 2.49. The molecule has 0 aliphatic heterocycles. The van der Waals surface area contributed by atoms with Crippen molar-refractivity contribution in [1.29, 1.82) is 0 Å². The molecule has 0 aromatic carbocycles. The number of hydrogen-bond donors (Lipinski definition) is 1. The summed E-state index contributed by atoms with van der Waals surface area (Å²) in [5.41, 5.74) is 7.62. The quantitative estimate of drug-likeness (QED) is 0.803. The van der Waals surface area contributed by atoms with E-state index in [9.17, 15) is 0 Å². The maximum absolute atomic E-state index is 5.61. The molecule has 2 aromatic rings. The molecule has 0 saturated heterocycles. The number of nitrogens with zero attached hydrogens (tertiary/aromatic N) is 2. The minimum absolute atomic E-state index is 0.503. The maximum atomic E-state index is 5.61. The zero-order chi connectivity index (χ0) is 10.7. The summed E-state index contributed by atoms with van der Waals surface area (Å²) in [5.74, 6) is 1.09. The molecule has 0 aliphatic carbocycles. The fraction of sp³-hybridized carbons (Fsp3) is 0.0909. The van der Waals surface area contributed by atoms with Crippen molar-refractivity contribution in [2.45, 2.75) is 0 Å². The van der Waals surface area contributed by atoms with E-state index in [2.05, 4.69) is 9.97 Å². The van der Waals surface area contributed by atoms with Gasteiger partial charge in [0.25, 0.3) is 0 Å². The Hall–Kier alpha value is -2.10. The molecule has 0 radical (unpaired) electrons. The number of pyridine rings is 2. The van der Waals surface area contributed by atoms with E-state index in [1.807, 2.05) is 24.3 Å².